The van der Waals surface area contributed by atoms with E-state index < -0.39 is 18.2 Å². The second-order valence-corrected chi connectivity index (χ2v) is 4.21. The van der Waals surface area contributed by atoms with E-state index in [1.54, 1.807) is 0 Å². The standard InChI is InChI=1S/C10H10N4O4.Na/c15-7-3-14-9-5(12-7)1-11-2-6(9)13(10(14)18)4-8(16)17;/h2,5H,1,3-4H2,(H,12,15)(H,16,17);/q;+1/p-1. The van der Waals surface area contributed by atoms with Crippen LogP contribution in [0.25, 0.3) is 0 Å². The zero-order chi connectivity index (χ0) is 12.9. The molecule has 94 valence electrons. The molecule has 0 saturated carbocycles. The zero-order valence-electron chi connectivity index (χ0n) is 10.3. The molecule has 0 spiro atoms. The third-order valence-corrected chi connectivity index (χ3v) is 3.06. The molecule has 3 rings (SSSR count). The molecule has 2 aliphatic heterocycles. The number of aliphatic imine (C=N–C) groups is 1. The number of hydrogen-bond acceptors (Lipinski definition) is 5. The molecular weight excluding hydrogens is 263 g/mol. The zero-order valence-corrected chi connectivity index (χ0v) is 12.3. The van der Waals surface area contributed by atoms with Crippen molar-refractivity contribution < 1.29 is 44.3 Å². The summed E-state index contributed by atoms with van der Waals surface area (Å²) in [5, 5.41) is 13.4. The first-order valence-corrected chi connectivity index (χ1v) is 5.40. The quantitative estimate of drug-likeness (QED) is 0.540. The van der Waals surface area contributed by atoms with Gasteiger partial charge in [-0.05, 0) is 0 Å². The number of carboxylic acids is 1. The molecule has 1 unspecified atom stereocenters. The average molecular weight is 272 g/mol. The molecule has 1 amide bonds. The maximum absolute atomic E-state index is 12.0. The number of aromatic nitrogens is 2. The molecule has 0 radical (unpaired) electrons. The number of rotatable bonds is 2. The molecule has 0 bridgehead atoms. The second kappa shape index (κ2) is 4.95. The monoisotopic (exact) mass is 272 g/mol. The second-order valence-electron chi connectivity index (χ2n) is 4.21. The molecule has 8 nitrogen and oxygen atoms in total. The predicted octanol–water partition coefficient (Wildman–Crippen LogP) is -5.99. The summed E-state index contributed by atoms with van der Waals surface area (Å²) in [4.78, 5) is 38.2. The summed E-state index contributed by atoms with van der Waals surface area (Å²) in [6.07, 6.45) is 1.46. The number of imidazole rings is 1. The summed E-state index contributed by atoms with van der Waals surface area (Å²) < 4.78 is 2.37. The van der Waals surface area contributed by atoms with Crippen molar-refractivity contribution in [3.05, 3.63) is 21.9 Å². The van der Waals surface area contributed by atoms with Crippen LogP contribution in [0.1, 0.15) is 17.4 Å². The Labute approximate surface area is 129 Å². The van der Waals surface area contributed by atoms with Crippen LogP contribution in [0, 0.1) is 0 Å². The van der Waals surface area contributed by atoms with E-state index in [4.69, 9.17) is 0 Å². The fourth-order valence-electron chi connectivity index (χ4n) is 2.39. The molecule has 1 N–H and O–H groups in total. The fraction of sp³-hybridized carbons (Fsp3) is 0.400. The van der Waals surface area contributed by atoms with E-state index in [1.807, 2.05) is 0 Å². The summed E-state index contributed by atoms with van der Waals surface area (Å²) in [5.41, 5.74) is 0.536. The number of carboxylic acid groups (broad SMARTS) is 1. The number of carbonyl (C=O) groups is 2. The van der Waals surface area contributed by atoms with Crippen LogP contribution in [0.15, 0.2) is 9.79 Å². The molecule has 2 aliphatic rings. The minimum Gasteiger partial charge on any atom is -0.548 e. The topological polar surface area (TPSA) is 109 Å². The van der Waals surface area contributed by atoms with Gasteiger partial charge >= 0.3 is 35.2 Å². The smallest absolute Gasteiger partial charge is 0.548 e. The van der Waals surface area contributed by atoms with Gasteiger partial charge in [-0.15, -0.1) is 0 Å². The van der Waals surface area contributed by atoms with Crippen LogP contribution >= 0.6 is 0 Å². The SMILES string of the molecule is O=C([O-])Cn1c2c3n(c1=O)CC(=O)NC3CN=C2.[Na+]. The Balaban J connectivity index is 0.00000133. The van der Waals surface area contributed by atoms with Gasteiger partial charge in [-0.1, -0.05) is 0 Å². The van der Waals surface area contributed by atoms with Gasteiger partial charge < -0.3 is 15.2 Å². The summed E-state index contributed by atoms with van der Waals surface area (Å²) in [7, 11) is 0. The van der Waals surface area contributed by atoms with Crippen molar-refractivity contribution in [1.82, 2.24) is 14.5 Å². The number of nitrogens with zero attached hydrogens (tertiary/aromatic N) is 3. The van der Waals surface area contributed by atoms with Crippen LogP contribution < -0.4 is 45.7 Å². The molecule has 9 heteroatoms. The molecule has 3 heterocycles. The molecule has 0 aromatic carbocycles. The average Bonchev–Trinajstić information content (AvgIpc) is 2.56. The molecule has 19 heavy (non-hydrogen) atoms. The molecule has 0 saturated heterocycles. The number of amides is 1. The number of nitrogens with one attached hydrogen (secondary N) is 1. The van der Waals surface area contributed by atoms with Crippen LogP contribution in [0.3, 0.4) is 0 Å². The molecular formula is C10H9N4NaO4. The summed E-state index contributed by atoms with van der Waals surface area (Å²) >= 11 is 0. The van der Waals surface area contributed by atoms with Crippen molar-refractivity contribution in [1.29, 1.82) is 0 Å². The Hall–Kier alpha value is -1.38. The van der Waals surface area contributed by atoms with Crippen LogP contribution in [-0.4, -0.2) is 33.8 Å². The van der Waals surface area contributed by atoms with Crippen molar-refractivity contribution in [3.63, 3.8) is 0 Å². The maximum Gasteiger partial charge on any atom is 1.00 e. The van der Waals surface area contributed by atoms with Gasteiger partial charge in [0.1, 0.15) is 6.54 Å². The molecule has 0 aliphatic carbocycles. The van der Waals surface area contributed by atoms with E-state index in [9.17, 15) is 19.5 Å². The largest absolute Gasteiger partial charge is 1.00 e. The van der Waals surface area contributed by atoms with Crippen LogP contribution in [-0.2, 0) is 22.7 Å². The first kappa shape index (κ1) is 14.0. The van der Waals surface area contributed by atoms with E-state index in [1.165, 1.54) is 10.8 Å². The Morgan fingerprint density at radius 2 is 2.26 bits per heavy atom. The van der Waals surface area contributed by atoms with Crippen molar-refractivity contribution in [2.24, 2.45) is 4.99 Å². The van der Waals surface area contributed by atoms with Gasteiger partial charge in [-0.2, -0.15) is 0 Å². The Morgan fingerprint density at radius 3 is 2.95 bits per heavy atom. The Morgan fingerprint density at radius 1 is 1.53 bits per heavy atom. The number of aliphatic carboxylic acids is 1. The molecule has 1 aromatic heterocycles. The van der Waals surface area contributed by atoms with Gasteiger partial charge in [0.15, 0.2) is 0 Å². The Kier molecular flexibility index (Phi) is 3.66. The van der Waals surface area contributed by atoms with Crippen LogP contribution in [0.2, 0.25) is 0 Å². The van der Waals surface area contributed by atoms with Crippen molar-refractivity contribution in [2.75, 3.05) is 6.54 Å². The Bertz CT molecular complexity index is 645. The van der Waals surface area contributed by atoms with Crippen LogP contribution in [0.5, 0.6) is 0 Å². The van der Waals surface area contributed by atoms with Crippen molar-refractivity contribution in [3.8, 4) is 0 Å². The molecule has 0 fully saturated rings. The normalized spacial score (nSPS) is 19.4. The minimum absolute atomic E-state index is 0. The van der Waals surface area contributed by atoms with Crippen molar-refractivity contribution >= 4 is 18.1 Å². The fourth-order valence-corrected chi connectivity index (χ4v) is 2.39. The van der Waals surface area contributed by atoms with Crippen molar-refractivity contribution in [2.45, 2.75) is 19.1 Å². The van der Waals surface area contributed by atoms with Gasteiger partial charge in [0.05, 0.1) is 36.5 Å². The third kappa shape index (κ3) is 2.15. The van der Waals surface area contributed by atoms with E-state index in [2.05, 4.69) is 10.3 Å². The maximum atomic E-state index is 12.0. The summed E-state index contributed by atoms with van der Waals surface area (Å²) in [5.74, 6) is -1.63. The van der Waals surface area contributed by atoms with Gasteiger partial charge in [0, 0.05) is 6.21 Å². The molecule has 1 aromatic rings. The van der Waals surface area contributed by atoms with Gasteiger partial charge in [-0.25, -0.2) is 4.79 Å². The number of hydrogen-bond donors (Lipinski definition) is 1. The van der Waals surface area contributed by atoms with E-state index in [0.29, 0.717) is 17.9 Å². The van der Waals surface area contributed by atoms with Crippen LogP contribution in [0.4, 0.5) is 0 Å². The number of carbonyl (C=O) groups excluding carboxylic acids is 2. The van der Waals surface area contributed by atoms with E-state index in [-0.39, 0.29) is 48.1 Å². The first-order chi connectivity index (χ1) is 8.58. The predicted molar refractivity (Wildman–Crippen MR) is 57.0 cm³/mol. The molecule has 1 atom stereocenters. The minimum atomic E-state index is -1.36. The summed E-state index contributed by atoms with van der Waals surface area (Å²) in [6.45, 7) is -0.278. The van der Waals surface area contributed by atoms with E-state index in [0.717, 1.165) is 4.57 Å². The van der Waals surface area contributed by atoms with Gasteiger partial charge in [0.2, 0.25) is 5.91 Å². The first-order valence-electron chi connectivity index (χ1n) is 5.40. The van der Waals surface area contributed by atoms with Gasteiger partial charge in [-0.3, -0.25) is 18.9 Å². The summed E-state index contributed by atoms with van der Waals surface area (Å²) in [6, 6.07) is -0.359. The third-order valence-electron chi connectivity index (χ3n) is 3.06. The van der Waals surface area contributed by atoms with Gasteiger partial charge in [0.25, 0.3) is 0 Å². The van der Waals surface area contributed by atoms with E-state index >= 15 is 0 Å².